The van der Waals surface area contributed by atoms with E-state index in [2.05, 4.69) is 15.0 Å². The van der Waals surface area contributed by atoms with Gasteiger partial charge in [0.05, 0.1) is 18.0 Å². The van der Waals surface area contributed by atoms with E-state index in [0.717, 1.165) is 41.7 Å². The summed E-state index contributed by atoms with van der Waals surface area (Å²) in [5.74, 6) is 0.521. The molecule has 0 saturated carbocycles. The summed E-state index contributed by atoms with van der Waals surface area (Å²) in [6, 6.07) is 3.04. The van der Waals surface area contributed by atoms with E-state index in [1.807, 2.05) is 18.7 Å². The zero-order valence-electron chi connectivity index (χ0n) is 16.8. The van der Waals surface area contributed by atoms with Gasteiger partial charge in [0.15, 0.2) is 11.6 Å². The third-order valence-electron chi connectivity index (χ3n) is 6.10. The van der Waals surface area contributed by atoms with Gasteiger partial charge in [0.1, 0.15) is 24.1 Å². The van der Waals surface area contributed by atoms with Crippen molar-refractivity contribution in [3.05, 3.63) is 53.1 Å². The van der Waals surface area contributed by atoms with Crippen LogP contribution in [0.2, 0.25) is 0 Å². The first-order chi connectivity index (χ1) is 14.4. The second-order valence-electron chi connectivity index (χ2n) is 7.97. The first-order valence-electron chi connectivity index (χ1n) is 9.87. The predicted octanol–water partition coefficient (Wildman–Crippen LogP) is 1.67. The van der Waals surface area contributed by atoms with Crippen molar-refractivity contribution in [1.29, 1.82) is 0 Å². The molecule has 0 amide bonds. The predicted molar refractivity (Wildman–Crippen MR) is 104 cm³/mol. The van der Waals surface area contributed by atoms with Crippen LogP contribution < -0.4 is 5.73 Å². The quantitative estimate of drug-likeness (QED) is 0.700. The van der Waals surface area contributed by atoms with Crippen molar-refractivity contribution in [2.24, 2.45) is 19.8 Å². The number of aromatic nitrogens is 5. The number of benzene rings is 1. The van der Waals surface area contributed by atoms with Gasteiger partial charge in [0.2, 0.25) is 0 Å². The minimum Gasteiger partial charge on any atom is -0.370 e. The van der Waals surface area contributed by atoms with E-state index in [9.17, 15) is 8.78 Å². The number of aryl methyl sites for hydroxylation is 1. The molecule has 10 heteroatoms. The lowest BCUT2D eigenvalue weighted by Crippen LogP contribution is -2.47. The van der Waals surface area contributed by atoms with Gasteiger partial charge in [-0.3, -0.25) is 4.90 Å². The van der Waals surface area contributed by atoms with Gasteiger partial charge in [-0.25, -0.2) is 23.4 Å². The fourth-order valence-electron chi connectivity index (χ4n) is 4.46. The molecule has 30 heavy (non-hydrogen) atoms. The Balaban J connectivity index is 1.30. The Labute approximate surface area is 172 Å². The maximum Gasteiger partial charge on any atom is 0.194 e. The molecule has 1 aromatic carbocycles. The van der Waals surface area contributed by atoms with Crippen LogP contribution in [-0.2, 0) is 31.9 Å². The minimum atomic E-state index is -0.650. The van der Waals surface area contributed by atoms with Crippen LogP contribution in [0.4, 0.5) is 8.78 Å². The molecule has 0 bridgehead atoms. The summed E-state index contributed by atoms with van der Waals surface area (Å²) in [6.07, 6.45) is 1.49. The summed E-state index contributed by atoms with van der Waals surface area (Å²) in [4.78, 5) is 11.3. The Bertz CT molecular complexity index is 1100. The summed E-state index contributed by atoms with van der Waals surface area (Å²) in [7, 11) is 3.82. The normalized spacial score (nSPS) is 24.4. The van der Waals surface area contributed by atoms with E-state index in [4.69, 9.17) is 15.5 Å². The van der Waals surface area contributed by atoms with Gasteiger partial charge in [0.25, 0.3) is 0 Å². The van der Waals surface area contributed by atoms with Crippen molar-refractivity contribution in [3.8, 4) is 11.6 Å². The molecule has 1 saturated heterocycles. The van der Waals surface area contributed by atoms with Crippen molar-refractivity contribution in [2.75, 3.05) is 6.61 Å². The summed E-state index contributed by atoms with van der Waals surface area (Å²) in [6.45, 7) is 1.80. The number of ether oxygens (including phenoxy) is 1. The summed E-state index contributed by atoms with van der Waals surface area (Å²) in [5.41, 5.74) is 8.63. The van der Waals surface area contributed by atoms with Gasteiger partial charge in [-0.15, -0.1) is 0 Å². The van der Waals surface area contributed by atoms with E-state index in [1.54, 1.807) is 4.68 Å². The number of halogens is 2. The zero-order chi connectivity index (χ0) is 21.0. The molecule has 3 aromatic rings. The van der Waals surface area contributed by atoms with Crippen molar-refractivity contribution >= 4 is 0 Å². The summed E-state index contributed by atoms with van der Waals surface area (Å²) < 4.78 is 37.4. The maximum absolute atomic E-state index is 14.2. The monoisotopic (exact) mass is 415 g/mol. The fraction of sp³-hybridized carbons (Fsp3) is 0.450. The van der Waals surface area contributed by atoms with Gasteiger partial charge in [-0.2, -0.15) is 5.10 Å². The third-order valence-corrected chi connectivity index (χ3v) is 6.10. The fourth-order valence-corrected chi connectivity index (χ4v) is 4.46. The SMILES string of the molecule is Cn1ncnc1-c1nc2c(n1C)CN([C@H]1CO[C@H](c3cc(F)ccc3F)[C@@H](N)C1)C2. The molecular weight excluding hydrogens is 392 g/mol. The Morgan fingerprint density at radius 1 is 1.17 bits per heavy atom. The molecule has 2 aliphatic rings. The Hall–Kier alpha value is -2.69. The maximum atomic E-state index is 14.2. The lowest BCUT2D eigenvalue weighted by Gasteiger charge is -2.38. The topological polar surface area (TPSA) is 87.0 Å². The highest BCUT2D eigenvalue weighted by atomic mass is 19.1. The molecule has 1 fully saturated rings. The van der Waals surface area contributed by atoms with Crippen LogP contribution in [0.1, 0.15) is 29.5 Å². The molecule has 5 rings (SSSR count). The van der Waals surface area contributed by atoms with Crippen molar-refractivity contribution in [3.63, 3.8) is 0 Å². The van der Waals surface area contributed by atoms with Crippen LogP contribution >= 0.6 is 0 Å². The minimum absolute atomic E-state index is 0.0837. The van der Waals surface area contributed by atoms with Gasteiger partial charge in [-0.05, 0) is 24.6 Å². The smallest absolute Gasteiger partial charge is 0.194 e. The summed E-state index contributed by atoms with van der Waals surface area (Å²) >= 11 is 0. The van der Waals surface area contributed by atoms with Crippen LogP contribution in [0, 0.1) is 11.6 Å². The van der Waals surface area contributed by atoms with E-state index in [1.165, 1.54) is 12.4 Å². The number of nitrogens with two attached hydrogens (primary N) is 1. The molecular formula is C20H23F2N7O. The van der Waals surface area contributed by atoms with Crippen LogP contribution in [0.25, 0.3) is 11.6 Å². The van der Waals surface area contributed by atoms with Gasteiger partial charge in [0, 0.05) is 44.8 Å². The zero-order valence-corrected chi connectivity index (χ0v) is 16.8. The van der Waals surface area contributed by atoms with E-state index in [0.29, 0.717) is 19.6 Å². The van der Waals surface area contributed by atoms with Gasteiger partial charge < -0.3 is 15.0 Å². The molecule has 4 heterocycles. The van der Waals surface area contributed by atoms with Crippen LogP contribution in [-0.4, -0.2) is 47.9 Å². The van der Waals surface area contributed by atoms with E-state index >= 15 is 0 Å². The molecule has 2 aromatic heterocycles. The second-order valence-corrected chi connectivity index (χ2v) is 7.97. The molecule has 0 spiro atoms. The number of rotatable bonds is 3. The lowest BCUT2D eigenvalue weighted by atomic mass is 9.93. The van der Waals surface area contributed by atoms with Crippen molar-refractivity contribution in [2.45, 2.75) is 37.7 Å². The number of hydrogen-bond donors (Lipinski definition) is 1. The molecule has 0 unspecified atom stereocenters. The Morgan fingerprint density at radius 2 is 2.00 bits per heavy atom. The average molecular weight is 415 g/mol. The third kappa shape index (κ3) is 3.11. The molecule has 2 aliphatic heterocycles. The molecule has 2 N–H and O–H groups in total. The molecule has 0 aliphatic carbocycles. The number of fused-ring (bicyclic) bond motifs is 1. The summed E-state index contributed by atoms with van der Waals surface area (Å²) in [5, 5.41) is 4.12. The Kier molecular flexibility index (Phi) is 4.64. The van der Waals surface area contributed by atoms with Gasteiger partial charge >= 0.3 is 0 Å². The second kappa shape index (κ2) is 7.22. The standard InChI is InChI=1S/C20H23F2N7O/c1-27-17-8-29(7-16(17)26-20(27)19-24-10-25-28(19)2)12-6-15(23)18(30-9-12)13-5-11(21)3-4-14(13)22/h3-5,10,12,15,18H,6-9,23H2,1-2H3/t12-,15+,18-/m1/s1. The van der Waals surface area contributed by atoms with Crippen LogP contribution in [0.5, 0.6) is 0 Å². The highest BCUT2D eigenvalue weighted by Crippen LogP contribution is 2.35. The molecule has 0 radical (unpaired) electrons. The highest BCUT2D eigenvalue weighted by molar-refractivity contribution is 5.47. The molecule has 3 atom stereocenters. The first kappa shape index (κ1) is 19.3. The van der Waals surface area contributed by atoms with Crippen molar-refractivity contribution in [1.82, 2.24) is 29.2 Å². The first-order valence-corrected chi connectivity index (χ1v) is 9.87. The largest absolute Gasteiger partial charge is 0.370 e. The molecule has 8 nitrogen and oxygen atoms in total. The van der Waals surface area contributed by atoms with Crippen LogP contribution in [0.3, 0.4) is 0 Å². The number of hydrogen-bond acceptors (Lipinski definition) is 6. The van der Waals surface area contributed by atoms with E-state index in [-0.39, 0.29) is 11.6 Å². The van der Waals surface area contributed by atoms with Gasteiger partial charge in [-0.1, -0.05) is 0 Å². The number of imidazole rings is 1. The van der Waals surface area contributed by atoms with Crippen molar-refractivity contribution < 1.29 is 13.5 Å². The van der Waals surface area contributed by atoms with E-state index < -0.39 is 23.8 Å². The number of nitrogens with zero attached hydrogens (tertiary/aromatic N) is 6. The highest BCUT2D eigenvalue weighted by Gasteiger charge is 2.38. The van der Waals surface area contributed by atoms with Crippen LogP contribution in [0.15, 0.2) is 24.5 Å². The lowest BCUT2D eigenvalue weighted by molar-refractivity contribution is -0.0534. The Morgan fingerprint density at radius 3 is 2.70 bits per heavy atom. The average Bonchev–Trinajstić information content (AvgIpc) is 3.40. The molecule has 158 valence electrons.